The summed E-state index contributed by atoms with van der Waals surface area (Å²) in [5.74, 6) is 0.659. The van der Waals surface area contributed by atoms with E-state index in [-0.39, 0.29) is 5.91 Å². The van der Waals surface area contributed by atoms with Gasteiger partial charge < -0.3 is 15.4 Å². The molecule has 16 heavy (non-hydrogen) atoms. The van der Waals surface area contributed by atoms with Crippen LogP contribution < -0.4 is 5.73 Å². The Morgan fingerprint density at radius 1 is 1.56 bits per heavy atom. The first-order valence-corrected chi connectivity index (χ1v) is 6.07. The second kappa shape index (κ2) is 5.64. The van der Waals surface area contributed by atoms with Crippen molar-refractivity contribution in [1.82, 2.24) is 4.90 Å². The van der Waals surface area contributed by atoms with Crippen LogP contribution in [0.2, 0.25) is 0 Å². The minimum absolute atomic E-state index is 0.155. The van der Waals surface area contributed by atoms with Crippen molar-refractivity contribution in [3.8, 4) is 0 Å². The van der Waals surface area contributed by atoms with E-state index in [2.05, 4.69) is 0 Å². The molecule has 4 nitrogen and oxygen atoms in total. The van der Waals surface area contributed by atoms with Crippen LogP contribution in [0.1, 0.15) is 33.6 Å². The van der Waals surface area contributed by atoms with Gasteiger partial charge in [0.25, 0.3) is 0 Å². The van der Waals surface area contributed by atoms with Gasteiger partial charge in [-0.2, -0.15) is 0 Å². The molecule has 2 N–H and O–H groups in total. The predicted molar refractivity (Wildman–Crippen MR) is 64.1 cm³/mol. The van der Waals surface area contributed by atoms with E-state index in [1.807, 2.05) is 25.7 Å². The molecule has 0 saturated carbocycles. The van der Waals surface area contributed by atoms with Crippen LogP contribution in [0.25, 0.3) is 0 Å². The zero-order chi connectivity index (χ0) is 12.2. The van der Waals surface area contributed by atoms with Crippen LogP contribution in [0.3, 0.4) is 0 Å². The largest absolute Gasteiger partial charge is 0.381 e. The van der Waals surface area contributed by atoms with Gasteiger partial charge in [0.2, 0.25) is 5.91 Å². The van der Waals surface area contributed by atoms with E-state index in [9.17, 15) is 4.79 Å². The van der Waals surface area contributed by atoms with Crippen molar-refractivity contribution in [3.05, 3.63) is 0 Å². The highest BCUT2D eigenvalue weighted by Gasteiger charge is 2.24. The van der Waals surface area contributed by atoms with Crippen LogP contribution >= 0.6 is 0 Å². The molecule has 0 radical (unpaired) electrons. The molecule has 0 spiro atoms. The Labute approximate surface area is 98.1 Å². The van der Waals surface area contributed by atoms with Gasteiger partial charge in [-0.25, -0.2) is 0 Å². The maximum Gasteiger partial charge on any atom is 0.224 e. The van der Waals surface area contributed by atoms with E-state index in [1.165, 1.54) is 0 Å². The highest BCUT2D eigenvalue weighted by Crippen LogP contribution is 2.15. The van der Waals surface area contributed by atoms with Crippen molar-refractivity contribution in [1.29, 1.82) is 0 Å². The van der Waals surface area contributed by atoms with E-state index in [1.54, 1.807) is 0 Å². The highest BCUT2D eigenvalue weighted by molar-refractivity contribution is 5.77. The number of carbonyl (C=O) groups excluding carboxylic acids is 1. The Hall–Kier alpha value is -0.610. The molecule has 1 saturated heterocycles. The summed E-state index contributed by atoms with van der Waals surface area (Å²) in [6.45, 7) is 8.97. The van der Waals surface area contributed by atoms with Gasteiger partial charge in [0, 0.05) is 37.6 Å². The van der Waals surface area contributed by atoms with Crippen molar-refractivity contribution >= 4 is 5.91 Å². The van der Waals surface area contributed by atoms with Crippen LogP contribution in [0, 0.1) is 5.92 Å². The summed E-state index contributed by atoms with van der Waals surface area (Å²) in [6.07, 6.45) is 1.48. The first-order valence-electron chi connectivity index (χ1n) is 6.07. The molecule has 0 bridgehead atoms. The molecule has 0 aliphatic carbocycles. The third kappa shape index (κ3) is 4.49. The molecule has 4 heteroatoms. The van der Waals surface area contributed by atoms with Gasteiger partial charge in [-0.3, -0.25) is 4.79 Å². The van der Waals surface area contributed by atoms with Gasteiger partial charge >= 0.3 is 0 Å². The predicted octanol–water partition coefficient (Wildman–Crippen LogP) is 0.999. The first-order chi connectivity index (χ1) is 7.42. The lowest BCUT2D eigenvalue weighted by Crippen LogP contribution is -2.42. The van der Waals surface area contributed by atoms with E-state index in [4.69, 9.17) is 10.5 Å². The topological polar surface area (TPSA) is 55.6 Å². The number of nitrogens with zero attached hydrogens (tertiary/aromatic N) is 1. The number of ether oxygens (including phenoxy) is 1. The standard InChI is InChI=1S/C12H24N2O2/c1-4-14(8-10-5-6-16-9-10)11(15)7-12(2,3)13/h10H,4-9,13H2,1-3H3. The molecule has 1 aliphatic heterocycles. The summed E-state index contributed by atoms with van der Waals surface area (Å²) in [7, 11) is 0. The van der Waals surface area contributed by atoms with E-state index in [0.717, 1.165) is 32.7 Å². The van der Waals surface area contributed by atoms with Crippen molar-refractivity contribution < 1.29 is 9.53 Å². The number of hydrogen-bond donors (Lipinski definition) is 1. The quantitative estimate of drug-likeness (QED) is 0.763. The average molecular weight is 228 g/mol. The van der Waals surface area contributed by atoms with Crippen LogP contribution in [0.5, 0.6) is 0 Å². The summed E-state index contributed by atoms with van der Waals surface area (Å²) in [4.78, 5) is 13.9. The summed E-state index contributed by atoms with van der Waals surface area (Å²) < 4.78 is 5.32. The SMILES string of the molecule is CCN(CC1CCOC1)C(=O)CC(C)(C)N. The molecule has 0 aromatic heterocycles. The molecule has 1 atom stereocenters. The van der Waals surface area contributed by atoms with Crippen molar-refractivity contribution in [2.24, 2.45) is 11.7 Å². The Morgan fingerprint density at radius 3 is 2.69 bits per heavy atom. The fourth-order valence-electron chi connectivity index (χ4n) is 1.95. The molecule has 94 valence electrons. The smallest absolute Gasteiger partial charge is 0.224 e. The van der Waals surface area contributed by atoms with Crippen molar-refractivity contribution in [2.75, 3.05) is 26.3 Å². The van der Waals surface area contributed by atoms with Gasteiger partial charge in [-0.15, -0.1) is 0 Å². The molecule has 1 unspecified atom stereocenters. The molecule has 1 aliphatic rings. The fourth-order valence-corrected chi connectivity index (χ4v) is 1.95. The van der Waals surface area contributed by atoms with E-state index >= 15 is 0 Å². The van der Waals surface area contributed by atoms with Gasteiger partial charge in [0.1, 0.15) is 0 Å². The molecule has 1 heterocycles. The van der Waals surface area contributed by atoms with Crippen molar-refractivity contribution in [2.45, 2.75) is 39.2 Å². The van der Waals surface area contributed by atoms with E-state index < -0.39 is 5.54 Å². The highest BCUT2D eigenvalue weighted by atomic mass is 16.5. The van der Waals surface area contributed by atoms with Gasteiger partial charge in [0.15, 0.2) is 0 Å². The Balaban J connectivity index is 2.43. The number of nitrogens with two attached hydrogens (primary N) is 1. The second-order valence-corrected chi connectivity index (χ2v) is 5.33. The van der Waals surface area contributed by atoms with Crippen LogP contribution in [-0.2, 0) is 9.53 Å². The third-order valence-electron chi connectivity index (χ3n) is 2.84. The molecule has 1 amide bonds. The fraction of sp³-hybridized carbons (Fsp3) is 0.917. The Bertz CT molecular complexity index is 230. The number of hydrogen-bond acceptors (Lipinski definition) is 3. The number of rotatable bonds is 5. The minimum Gasteiger partial charge on any atom is -0.381 e. The number of carbonyl (C=O) groups is 1. The van der Waals surface area contributed by atoms with Crippen LogP contribution in [-0.4, -0.2) is 42.6 Å². The number of amides is 1. The molecule has 1 fully saturated rings. The van der Waals surface area contributed by atoms with Gasteiger partial charge in [0.05, 0.1) is 6.61 Å². The van der Waals surface area contributed by atoms with Gasteiger partial charge in [-0.1, -0.05) is 0 Å². The lowest BCUT2D eigenvalue weighted by molar-refractivity contribution is -0.132. The summed E-state index contributed by atoms with van der Waals surface area (Å²) in [5, 5.41) is 0. The summed E-state index contributed by atoms with van der Waals surface area (Å²) in [6, 6.07) is 0. The molecular weight excluding hydrogens is 204 g/mol. The first kappa shape index (κ1) is 13.5. The summed E-state index contributed by atoms with van der Waals surface area (Å²) in [5.41, 5.74) is 5.44. The van der Waals surface area contributed by atoms with Crippen molar-refractivity contribution in [3.63, 3.8) is 0 Å². The minimum atomic E-state index is -0.420. The van der Waals surface area contributed by atoms with Crippen LogP contribution in [0.4, 0.5) is 0 Å². The van der Waals surface area contributed by atoms with E-state index in [0.29, 0.717) is 12.3 Å². The maximum absolute atomic E-state index is 12.0. The zero-order valence-corrected chi connectivity index (χ0v) is 10.7. The monoisotopic (exact) mass is 228 g/mol. The lowest BCUT2D eigenvalue weighted by atomic mass is 10.0. The second-order valence-electron chi connectivity index (χ2n) is 5.33. The third-order valence-corrected chi connectivity index (χ3v) is 2.84. The molecular formula is C12H24N2O2. The average Bonchev–Trinajstić information content (AvgIpc) is 2.63. The van der Waals surface area contributed by atoms with Crippen LogP contribution in [0.15, 0.2) is 0 Å². The molecule has 0 aromatic rings. The Morgan fingerprint density at radius 2 is 2.25 bits per heavy atom. The van der Waals surface area contributed by atoms with Gasteiger partial charge in [-0.05, 0) is 27.2 Å². The zero-order valence-electron chi connectivity index (χ0n) is 10.7. The maximum atomic E-state index is 12.0. The Kier molecular flexibility index (Phi) is 4.74. The molecule has 0 aromatic carbocycles. The summed E-state index contributed by atoms with van der Waals surface area (Å²) >= 11 is 0. The lowest BCUT2D eigenvalue weighted by Gasteiger charge is -2.27. The normalized spacial score (nSPS) is 21.1. The molecule has 1 rings (SSSR count).